The highest BCUT2D eigenvalue weighted by molar-refractivity contribution is 6.16. The molecule has 0 aliphatic carbocycles. The number of anilines is 1. The van der Waals surface area contributed by atoms with E-state index in [1.54, 1.807) is 18.3 Å². The van der Waals surface area contributed by atoms with Gasteiger partial charge in [-0.05, 0) is 52.7 Å². The Kier molecular flexibility index (Phi) is 5.72. The molecule has 1 saturated heterocycles. The highest BCUT2D eigenvalue weighted by Crippen LogP contribution is 2.28. The molecule has 2 aromatic rings. The van der Waals surface area contributed by atoms with Crippen LogP contribution in [-0.4, -0.2) is 45.3 Å². The molecule has 7 nitrogen and oxygen atoms in total. The second-order valence-corrected chi connectivity index (χ2v) is 7.74. The van der Waals surface area contributed by atoms with E-state index in [1.165, 1.54) is 0 Å². The fourth-order valence-electron chi connectivity index (χ4n) is 3.46. The van der Waals surface area contributed by atoms with Crippen molar-refractivity contribution in [2.24, 2.45) is 0 Å². The van der Waals surface area contributed by atoms with Gasteiger partial charge in [-0.1, -0.05) is 0 Å². The molecule has 0 radical (unpaired) electrons. The highest BCUT2D eigenvalue weighted by atomic mass is 16.5. The number of ether oxygens (including phenoxy) is 1. The summed E-state index contributed by atoms with van der Waals surface area (Å²) < 4.78 is 7.70. The molecule has 0 spiro atoms. The number of amides is 1. The number of carbonyl (C=O) groups is 1. The maximum Gasteiger partial charge on any atom is 0.270 e. The van der Waals surface area contributed by atoms with Crippen LogP contribution < -0.4 is 10.5 Å². The minimum absolute atomic E-state index is 0.0167. The summed E-state index contributed by atoms with van der Waals surface area (Å²) in [6.45, 7) is 9.44. The normalized spacial score (nSPS) is 14.1. The molecule has 0 bridgehead atoms. The van der Waals surface area contributed by atoms with Crippen molar-refractivity contribution < 1.29 is 9.53 Å². The molecular formula is C21H29N5O2. The lowest BCUT2D eigenvalue weighted by Gasteiger charge is -2.18. The van der Waals surface area contributed by atoms with Gasteiger partial charge in [0.05, 0.1) is 17.4 Å². The molecular weight excluding hydrogens is 354 g/mol. The number of aromatic nitrogens is 2. The number of rotatable bonds is 6. The third kappa shape index (κ3) is 3.88. The van der Waals surface area contributed by atoms with E-state index in [0.717, 1.165) is 25.9 Å². The zero-order valence-electron chi connectivity index (χ0n) is 17.0. The highest BCUT2D eigenvalue weighted by Gasteiger charge is 2.26. The Balaban J connectivity index is 2.01. The molecule has 3 rings (SSSR count). The van der Waals surface area contributed by atoms with E-state index in [1.807, 2.05) is 43.4 Å². The molecule has 1 amide bonds. The first-order chi connectivity index (χ1) is 13.3. The molecule has 0 atom stereocenters. The van der Waals surface area contributed by atoms with Gasteiger partial charge in [0.15, 0.2) is 0 Å². The summed E-state index contributed by atoms with van der Waals surface area (Å²) in [4.78, 5) is 19.1. The number of hydrogen-bond acceptors (Lipinski definition) is 5. The van der Waals surface area contributed by atoms with Crippen LogP contribution in [0, 0.1) is 5.41 Å². The van der Waals surface area contributed by atoms with Gasteiger partial charge in [0, 0.05) is 42.8 Å². The van der Waals surface area contributed by atoms with Gasteiger partial charge in [-0.15, -0.1) is 0 Å². The Labute approximate surface area is 166 Å². The van der Waals surface area contributed by atoms with Gasteiger partial charge in [-0.25, -0.2) is 4.98 Å². The molecule has 1 fully saturated rings. The van der Waals surface area contributed by atoms with E-state index >= 15 is 0 Å². The average Bonchev–Trinajstić information content (AvgIpc) is 3.30. The van der Waals surface area contributed by atoms with Crippen molar-refractivity contribution in [3.8, 4) is 5.88 Å². The minimum Gasteiger partial charge on any atom is -0.474 e. The summed E-state index contributed by atoms with van der Waals surface area (Å²) in [6.07, 6.45) is 5.42. The lowest BCUT2D eigenvalue weighted by molar-refractivity contribution is 0.0780. The first-order valence-electron chi connectivity index (χ1n) is 9.81. The van der Waals surface area contributed by atoms with Gasteiger partial charge in [0.2, 0.25) is 5.88 Å². The third-order valence-corrected chi connectivity index (χ3v) is 4.85. The van der Waals surface area contributed by atoms with Crippen molar-refractivity contribution in [3.05, 3.63) is 41.3 Å². The van der Waals surface area contributed by atoms with Crippen molar-refractivity contribution >= 4 is 17.3 Å². The zero-order valence-corrected chi connectivity index (χ0v) is 17.0. The number of nitrogens with one attached hydrogen (secondary N) is 1. The number of nitrogens with zero attached hydrogens (tertiary/aromatic N) is 3. The molecule has 3 N–H and O–H groups in total. The predicted octanol–water partition coefficient (Wildman–Crippen LogP) is 3.49. The smallest absolute Gasteiger partial charge is 0.270 e. The van der Waals surface area contributed by atoms with Crippen LogP contribution in [-0.2, 0) is 0 Å². The molecule has 7 heteroatoms. The van der Waals surface area contributed by atoms with Crippen molar-refractivity contribution in [1.29, 1.82) is 5.41 Å². The monoisotopic (exact) mass is 383 g/mol. The Bertz CT molecular complexity index is 879. The number of nitrogens with two attached hydrogens (primary N) is 1. The number of pyridine rings is 1. The van der Waals surface area contributed by atoms with E-state index in [-0.39, 0.29) is 23.8 Å². The van der Waals surface area contributed by atoms with Crippen LogP contribution in [0.1, 0.15) is 68.2 Å². The number of nitrogen functional groups attached to an aromatic ring is 1. The number of carbonyl (C=O) groups excluding carboxylic acids is 1. The molecule has 0 saturated carbocycles. The van der Waals surface area contributed by atoms with Crippen molar-refractivity contribution in [3.63, 3.8) is 0 Å². The molecule has 0 aromatic carbocycles. The predicted molar refractivity (Wildman–Crippen MR) is 110 cm³/mol. The zero-order chi connectivity index (χ0) is 20.4. The lowest BCUT2D eigenvalue weighted by Crippen LogP contribution is -2.29. The standard InChI is InChI=1S/C21H29N5O2/c1-13(2)26-12-15(11-17(26)21(27)25-9-5-6-10-25)19(23)18-16(22)7-8-24-20(18)28-14(3)4/h7-8,11-14,23H,5-6,9-10H2,1-4H3,(H2,22,24). The lowest BCUT2D eigenvalue weighted by atomic mass is 10.0. The fourth-order valence-corrected chi connectivity index (χ4v) is 3.46. The van der Waals surface area contributed by atoms with Crippen LogP contribution in [0.5, 0.6) is 5.88 Å². The third-order valence-electron chi connectivity index (χ3n) is 4.85. The molecule has 0 unspecified atom stereocenters. The molecule has 28 heavy (non-hydrogen) atoms. The Morgan fingerprint density at radius 2 is 1.93 bits per heavy atom. The summed E-state index contributed by atoms with van der Waals surface area (Å²) >= 11 is 0. The Hall–Kier alpha value is -2.83. The van der Waals surface area contributed by atoms with Gasteiger partial charge in [0.1, 0.15) is 5.69 Å². The number of likely N-dealkylation sites (tertiary alicyclic amines) is 1. The van der Waals surface area contributed by atoms with Gasteiger partial charge >= 0.3 is 0 Å². The Morgan fingerprint density at radius 1 is 1.25 bits per heavy atom. The van der Waals surface area contributed by atoms with Crippen LogP contribution in [0.15, 0.2) is 24.5 Å². The topological polar surface area (TPSA) is 97.2 Å². The molecule has 2 aromatic heterocycles. The molecule has 150 valence electrons. The van der Waals surface area contributed by atoms with E-state index in [4.69, 9.17) is 15.9 Å². The van der Waals surface area contributed by atoms with Crippen LogP contribution in [0.25, 0.3) is 0 Å². The van der Waals surface area contributed by atoms with E-state index in [2.05, 4.69) is 4.98 Å². The van der Waals surface area contributed by atoms with Crippen LogP contribution >= 0.6 is 0 Å². The number of hydrogen-bond donors (Lipinski definition) is 2. The van der Waals surface area contributed by atoms with Crippen molar-refractivity contribution in [2.75, 3.05) is 18.8 Å². The summed E-state index contributed by atoms with van der Waals surface area (Å²) in [6, 6.07) is 3.54. The summed E-state index contributed by atoms with van der Waals surface area (Å²) in [7, 11) is 0. The largest absolute Gasteiger partial charge is 0.474 e. The van der Waals surface area contributed by atoms with Crippen LogP contribution in [0.3, 0.4) is 0 Å². The van der Waals surface area contributed by atoms with E-state index < -0.39 is 0 Å². The molecule has 3 heterocycles. The van der Waals surface area contributed by atoms with Crippen LogP contribution in [0.2, 0.25) is 0 Å². The van der Waals surface area contributed by atoms with Gasteiger partial charge in [-0.2, -0.15) is 0 Å². The van der Waals surface area contributed by atoms with Crippen molar-refractivity contribution in [2.45, 2.75) is 52.7 Å². The van der Waals surface area contributed by atoms with E-state index in [9.17, 15) is 4.79 Å². The van der Waals surface area contributed by atoms with Gasteiger partial charge in [-0.3, -0.25) is 10.2 Å². The second-order valence-electron chi connectivity index (χ2n) is 7.74. The SMILES string of the molecule is CC(C)Oc1nccc(N)c1C(=N)c1cc(C(=O)N2CCCC2)n(C(C)C)c1. The first-order valence-corrected chi connectivity index (χ1v) is 9.81. The van der Waals surface area contributed by atoms with Gasteiger partial charge in [0.25, 0.3) is 5.91 Å². The maximum absolute atomic E-state index is 13.0. The Morgan fingerprint density at radius 3 is 2.54 bits per heavy atom. The van der Waals surface area contributed by atoms with Gasteiger partial charge < -0.3 is 19.9 Å². The average molecular weight is 383 g/mol. The molecule has 1 aliphatic rings. The quantitative estimate of drug-likeness (QED) is 0.746. The van der Waals surface area contributed by atoms with Crippen molar-refractivity contribution in [1.82, 2.24) is 14.5 Å². The first kappa shape index (κ1) is 19.9. The summed E-state index contributed by atoms with van der Waals surface area (Å²) in [5, 5.41) is 8.76. The summed E-state index contributed by atoms with van der Waals surface area (Å²) in [5.41, 5.74) is 8.48. The summed E-state index contributed by atoms with van der Waals surface area (Å²) in [5.74, 6) is 0.354. The fraction of sp³-hybridized carbons (Fsp3) is 0.476. The molecule has 1 aliphatic heterocycles. The second kappa shape index (κ2) is 8.04. The van der Waals surface area contributed by atoms with E-state index in [0.29, 0.717) is 28.4 Å². The minimum atomic E-state index is -0.0894. The van der Waals surface area contributed by atoms with Crippen LogP contribution in [0.4, 0.5) is 5.69 Å². The maximum atomic E-state index is 13.0.